The highest BCUT2D eigenvalue weighted by molar-refractivity contribution is 5.22. The maximum atomic E-state index is 3.80. The van der Waals surface area contributed by atoms with E-state index >= 15 is 0 Å². The van der Waals surface area contributed by atoms with Gasteiger partial charge >= 0.3 is 0 Å². The summed E-state index contributed by atoms with van der Waals surface area (Å²) in [7, 11) is 0. The summed E-state index contributed by atoms with van der Waals surface area (Å²) in [4.78, 5) is 0. The van der Waals surface area contributed by atoms with Crippen molar-refractivity contribution in [3.63, 3.8) is 0 Å². The van der Waals surface area contributed by atoms with Crippen molar-refractivity contribution < 1.29 is 0 Å². The standard InChI is InChI=1S/C13H20/c1-5-8-9-13(7-3)11-10-12(4)6-2/h5-9H,3,10-11H2,1-2,4H3/b8-5-,12-6+,13-9+. The lowest BCUT2D eigenvalue weighted by Gasteiger charge is -2.01. The van der Waals surface area contributed by atoms with E-state index in [9.17, 15) is 0 Å². The molecule has 0 heteroatoms. The van der Waals surface area contributed by atoms with Crippen molar-refractivity contribution in [2.75, 3.05) is 0 Å². The molecule has 0 saturated carbocycles. The Morgan fingerprint density at radius 2 is 1.92 bits per heavy atom. The first kappa shape index (κ1) is 12.0. The Bertz CT molecular complexity index is 226. The average Bonchev–Trinajstić information content (AvgIpc) is 2.17. The van der Waals surface area contributed by atoms with E-state index in [1.807, 2.05) is 19.1 Å². The second-order valence-corrected chi connectivity index (χ2v) is 3.11. The predicted molar refractivity (Wildman–Crippen MR) is 61.8 cm³/mol. The van der Waals surface area contributed by atoms with Gasteiger partial charge in [0.05, 0.1) is 0 Å². The van der Waals surface area contributed by atoms with Gasteiger partial charge in [0.2, 0.25) is 0 Å². The minimum Gasteiger partial charge on any atom is -0.0988 e. The molecule has 0 radical (unpaired) electrons. The van der Waals surface area contributed by atoms with E-state index in [2.05, 4.69) is 38.7 Å². The van der Waals surface area contributed by atoms with Crippen LogP contribution in [0.5, 0.6) is 0 Å². The van der Waals surface area contributed by atoms with Crippen LogP contribution in [0.25, 0.3) is 0 Å². The van der Waals surface area contributed by atoms with Crippen LogP contribution in [0.4, 0.5) is 0 Å². The molecule has 13 heavy (non-hydrogen) atoms. The van der Waals surface area contributed by atoms with E-state index in [4.69, 9.17) is 0 Å². The lowest BCUT2D eigenvalue weighted by Crippen LogP contribution is -1.81. The molecule has 0 unspecified atom stereocenters. The van der Waals surface area contributed by atoms with Gasteiger partial charge in [-0.15, -0.1) is 0 Å². The summed E-state index contributed by atoms with van der Waals surface area (Å²) >= 11 is 0. The van der Waals surface area contributed by atoms with E-state index in [1.165, 1.54) is 11.1 Å². The van der Waals surface area contributed by atoms with Gasteiger partial charge in [0.25, 0.3) is 0 Å². The van der Waals surface area contributed by atoms with Crippen molar-refractivity contribution in [1.29, 1.82) is 0 Å². The number of allylic oxidation sites excluding steroid dienone is 7. The van der Waals surface area contributed by atoms with Gasteiger partial charge in [-0.25, -0.2) is 0 Å². The first-order valence-corrected chi connectivity index (χ1v) is 4.80. The van der Waals surface area contributed by atoms with Crippen molar-refractivity contribution >= 4 is 0 Å². The van der Waals surface area contributed by atoms with E-state index in [0.717, 1.165) is 12.8 Å². The summed E-state index contributed by atoms with van der Waals surface area (Å²) in [5.41, 5.74) is 2.74. The molecule has 0 aliphatic heterocycles. The molecular formula is C13H20. The van der Waals surface area contributed by atoms with Crippen molar-refractivity contribution in [3.8, 4) is 0 Å². The zero-order chi connectivity index (χ0) is 10.1. The van der Waals surface area contributed by atoms with Crippen molar-refractivity contribution in [3.05, 3.63) is 48.1 Å². The Morgan fingerprint density at radius 3 is 2.38 bits per heavy atom. The SMILES string of the molecule is C=C/C(=C\C=C/C)CC/C(C)=C/C. The molecule has 0 nitrogen and oxygen atoms in total. The largest absolute Gasteiger partial charge is 0.0988 e. The van der Waals surface area contributed by atoms with E-state index in [1.54, 1.807) is 0 Å². The molecule has 0 N–H and O–H groups in total. The molecule has 0 rings (SSSR count). The summed E-state index contributed by atoms with van der Waals surface area (Å²) < 4.78 is 0. The van der Waals surface area contributed by atoms with Gasteiger partial charge in [-0.2, -0.15) is 0 Å². The highest BCUT2D eigenvalue weighted by Gasteiger charge is 1.92. The van der Waals surface area contributed by atoms with Gasteiger partial charge in [-0.3, -0.25) is 0 Å². The summed E-state index contributed by atoms with van der Waals surface area (Å²) in [6, 6.07) is 0. The smallest absolute Gasteiger partial charge is 0.0242 e. The van der Waals surface area contributed by atoms with Crippen LogP contribution in [-0.4, -0.2) is 0 Å². The Kier molecular flexibility index (Phi) is 6.99. The molecule has 0 aromatic carbocycles. The van der Waals surface area contributed by atoms with Crippen LogP contribution in [0, 0.1) is 0 Å². The quantitative estimate of drug-likeness (QED) is 0.429. The van der Waals surface area contributed by atoms with Gasteiger partial charge in [0.15, 0.2) is 0 Å². The van der Waals surface area contributed by atoms with E-state index in [-0.39, 0.29) is 0 Å². The van der Waals surface area contributed by atoms with Crippen LogP contribution in [0.3, 0.4) is 0 Å². The van der Waals surface area contributed by atoms with Gasteiger partial charge in [0.1, 0.15) is 0 Å². The number of hydrogen-bond donors (Lipinski definition) is 0. The molecular weight excluding hydrogens is 156 g/mol. The minimum absolute atomic E-state index is 1.09. The predicted octanol–water partition coefficient (Wildman–Crippen LogP) is 4.42. The maximum Gasteiger partial charge on any atom is -0.0242 e. The van der Waals surface area contributed by atoms with Crippen LogP contribution >= 0.6 is 0 Å². The van der Waals surface area contributed by atoms with E-state index in [0.29, 0.717) is 0 Å². The van der Waals surface area contributed by atoms with Gasteiger partial charge in [0, 0.05) is 0 Å². The first-order valence-electron chi connectivity index (χ1n) is 4.80. The molecule has 0 aliphatic carbocycles. The van der Waals surface area contributed by atoms with Crippen LogP contribution in [0.2, 0.25) is 0 Å². The number of rotatable bonds is 5. The van der Waals surface area contributed by atoms with Crippen LogP contribution < -0.4 is 0 Å². The lowest BCUT2D eigenvalue weighted by molar-refractivity contribution is 0.943. The molecule has 0 amide bonds. The first-order chi connectivity index (χ1) is 6.24. The molecule has 0 heterocycles. The van der Waals surface area contributed by atoms with Crippen LogP contribution in [0.15, 0.2) is 48.1 Å². The van der Waals surface area contributed by atoms with Gasteiger partial charge in [-0.1, -0.05) is 42.5 Å². The summed E-state index contributed by atoms with van der Waals surface area (Å²) in [6.07, 6.45) is 12.5. The summed E-state index contributed by atoms with van der Waals surface area (Å²) in [6.45, 7) is 10.1. The normalized spacial score (nSPS) is 13.8. The molecule has 0 aromatic rings. The lowest BCUT2D eigenvalue weighted by atomic mass is 10.1. The topological polar surface area (TPSA) is 0 Å². The third-order valence-corrected chi connectivity index (χ3v) is 2.07. The summed E-state index contributed by atoms with van der Waals surface area (Å²) in [5, 5.41) is 0. The fourth-order valence-electron chi connectivity index (χ4n) is 0.959. The van der Waals surface area contributed by atoms with Crippen molar-refractivity contribution in [1.82, 2.24) is 0 Å². The molecule has 0 aromatic heterocycles. The van der Waals surface area contributed by atoms with E-state index < -0.39 is 0 Å². The highest BCUT2D eigenvalue weighted by Crippen LogP contribution is 2.11. The van der Waals surface area contributed by atoms with Gasteiger partial charge < -0.3 is 0 Å². The molecule has 0 saturated heterocycles. The monoisotopic (exact) mass is 176 g/mol. The number of hydrogen-bond acceptors (Lipinski definition) is 0. The van der Waals surface area contributed by atoms with Crippen molar-refractivity contribution in [2.45, 2.75) is 33.6 Å². The Labute approximate surface area is 82.4 Å². The fourth-order valence-corrected chi connectivity index (χ4v) is 0.959. The fraction of sp³-hybridized carbons (Fsp3) is 0.385. The zero-order valence-corrected chi connectivity index (χ0v) is 9.01. The van der Waals surface area contributed by atoms with Crippen LogP contribution in [-0.2, 0) is 0 Å². The Hall–Kier alpha value is -1.04. The third-order valence-electron chi connectivity index (χ3n) is 2.07. The summed E-state index contributed by atoms with van der Waals surface area (Å²) in [5.74, 6) is 0. The second kappa shape index (κ2) is 7.60. The molecule has 0 bridgehead atoms. The molecule has 0 spiro atoms. The molecule has 72 valence electrons. The minimum atomic E-state index is 1.09. The third kappa shape index (κ3) is 6.15. The maximum absolute atomic E-state index is 3.80. The molecule has 0 aliphatic rings. The Morgan fingerprint density at radius 1 is 1.23 bits per heavy atom. The zero-order valence-electron chi connectivity index (χ0n) is 9.01. The van der Waals surface area contributed by atoms with Crippen LogP contribution in [0.1, 0.15) is 33.6 Å². The molecule has 0 atom stereocenters. The average molecular weight is 176 g/mol. The van der Waals surface area contributed by atoms with Gasteiger partial charge in [-0.05, 0) is 39.2 Å². The molecule has 0 fully saturated rings. The Balaban J connectivity index is 4.07. The highest BCUT2D eigenvalue weighted by atomic mass is 14.0. The second-order valence-electron chi connectivity index (χ2n) is 3.11. The van der Waals surface area contributed by atoms with Crippen molar-refractivity contribution in [2.24, 2.45) is 0 Å².